The van der Waals surface area contributed by atoms with Crippen LogP contribution in [0.4, 0.5) is 10.1 Å². The first-order chi connectivity index (χ1) is 19.1. The highest BCUT2D eigenvalue weighted by Crippen LogP contribution is 2.19. The summed E-state index contributed by atoms with van der Waals surface area (Å²) in [5.41, 5.74) is 2.54. The van der Waals surface area contributed by atoms with Crippen molar-refractivity contribution in [3.05, 3.63) is 101 Å². The third kappa shape index (κ3) is 8.23. The molecule has 1 heterocycles. The summed E-state index contributed by atoms with van der Waals surface area (Å²) in [4.78, 5) is 37.0. The second kappa shape index (κ2) is 12.5. The monoisotopic (exact) mass is 545 g/mol. The Morgan fingerprint density at radius 1 is 1.00 bits per heavy atom. The molecule has 4 rings (SSSR count). The zero-order chi connectivity index (χ0) is 28.7. The number of carbonyl (C=O) groups is 3. The molecule has 0 spiro atoms. The molecule has 0 fully saturated rings. The quantitative estimate of drug-likeness (QED) is 0.382. The molecule has 1 N–H and O–H groups in total. The average Bonchev–Trinajstić information content (AvgIpc) is 2.91. The zero-order valence-corrected chi connectivity index (χ0v) is 22.8. The molecule has 2 amide bonds. The normalized spacial score (nSPS) is 13.3. The van der Waals surface area contributed by atoms with E-state index in [2.05, 4.69) is 10.4 Å². The van der Waals surface area contributed by atoms with Gasteiger partial charge in [-0.25, -0.2) is 9.40 Å². The van der Waals surface area contributed by atoms with E-state index in [4.69, 9.17) is 9.47 Å². The lowest BCUT2D eigenvalue weighted by molar-refractivity contribution is -0.154. The van der Waals surface area contributed by atoms with Crippen LogP contribution in [-0.2, 0) is 43.2 Å². The standard InChI is InChI=1S/C31H32FN3O5/c1-31(2,3)40-29(38)16-14-21-13-15-25(32)26(17-21)33-27(36)18-22-9-11-23(12-10-22)19-35-28(37)20-39-30(34-35)24-7-5-4-6-8-24/h4-13,15,17H,14,16,18-20H2,1-3H3,(H,33,36). The molecule has 3 aromatic rings. The Labute approximate surface area is 232 Å². The van der Waals surface area contributed by atoms with Crippen LogP contribution in [0.25, 0.3) is 0 Å². The summed E-state index contributed by atoms with van der Waals surface area (Å²) in [6.07, 6.45) is 0.550. The Morgan fingerprint density at radius 2 is 1.68 bits per heavy atom. The predicted molar refractivity (Wildman–Crippen MR) is 149 cm³/mol. The van der Waals surface area contributed by atoms with Crippen molar-refractivity contribution >= 4 is 29.4 Å². The van der Waals surface area contributed by atoms with Gasteiger partial charge in [-0.3, -0.25) is 14.4 Å². The summed E-state index contributed by atoms with van der Waals surface area (Å²) in [6, 6.07) is 21.0. The average molecular weight is 546 g/mol. The Bertz CT molecular complexity index is 1400. The number of amides is 2. The van der Waals surface area contributed by atoms with E-state index >= 15 is 0 Å². The van der Waals surface area contributed by atoms with Crippen LogP contribution in [0.5, 0.6) is 0 Å². The van der Waals surface area contributed by atoms with Crippen molar-refractivity contribution in [2.24, 2.45) is 5.10 Å². The highest BCUT2D eigenvalue weighted by atomic mass is 19.1. The van der Waals surface area contributed by atoms with Crippen molar-refractivity contribution in [2.75, 3.05) is 11.9 Å². The summed E-state index contributed by atoms with van der Waals surface area (Å²) < 4.78 is 25.2. The maximum atomic E-state index is 14.4. The number of nitrogens with zero attached hydrogens (tertiary/aromatic N) is 2. The lowest BCUT2D eigenvalue weighted by atomic mass is 10.1. The van der Waals surface area contributed by atoms with Crippen LogP contribution >= 0.6 is 0 Å². The molecule has 0 aliphatic carbocycles. The van der Waals surface area contributed by atoms with Crippen molar-refractivity contribution in [1.82, 2.24) is 5.01 Å². The molecule has 3 aromatic carbocycles. The van der Waals surface area contributed by atoms with Crippen molar-refractivity contribution in [3.8, 4) is 0 Å². The number of benzene rings is 3. The number of esters is 1. The molecule has 9 heteroatoms. The van der Waals surface area contributed by atoms with Gasteiger partial charge in [-0.2, -0.15) is 0 Å². The summed E-state index contributed by atoms with van der Waals surface area (Å²) in [6.45, 7) is 5.55. The van der Waals surface area contributed by atoms with Crippen LogP contribution in [0.1, 0.15) is 49.4 Å². The summed E-state index contributed by atoms with van der Waals surface area (Å²) in [5.74, 6) is -1.15. The summed E-state index contributed by atoms with van der Waals surface area (Å²) in [7, 11) is 0. The van der Waals surface area contributed by atoms with E-state index in [0.29, 0.717) is 17.9 Å². The van der Waals surface area contributed by atoms with Gasteiger partial charge in [-0.15, -0.1) is 5.10 Å². The van der Waals surface area contributed by atoms with E-state index in [9.17, 15) is 18.8 Å². The lowest BCUT2D eigenvalue weighted by Crippen LogP contribution is -2.36. The number of nitrogens with one attached hydrogen (secondary N) is 1. The molecule has 8 nitrogen and oxygen atoms in total. The van der Waals surface area contributed by atoms with Gasteiger partial charge in [0.1, 0.15) is 11.4 Å². The first-order valence-corrected chi connectivity index (χ1v) is 13.0. The van der Waals surface area contributed by atoms with Gasteiger partial charge in [0.15, 0.2) is 6.61 Å². The molecule has 0 radical (unpaired) electrons. The minimum atomic E-state index is -0.572. The van der Waals surface area contributed by atoms with E-state index in [0.717, 1.165) is 16.7 Å². The number of hydrogen-bond acceptors (Lipinski definition) is 6. The van der Waals surface area contributed by atoms with Gasteiger partial charge in [0.05, 0.1) is 18.7 Å². The number of halogens is 1. The second-order valence-corrected chi connectivity index (χ2v) is 10.5. The third-order valence-corrected chi connectivity index (χ3v) is 5.92. The number of anilines is 1. The molecular formula is C31H32FN3O5. The van der Waals surface area contributed by atoms with Gasteiger partial charge < -0.3 is 14.8 Å². The van der Waals surface area contributed by atoms with Crippen LogP contribution in [0, 0.1) is 5.82 Å². The number of ether oxygens (including phenoxy) is 2. The zero-order valence-electron chi connectivity index (χ0n) is 22.8. The maximum Gasteiger partial charge on any atom is 0.306 e. The fourth-order valence-electron chi connectivity index (χ4n) is 4.02. The highest BCUT2D eigenvalue weighted by molar-refractivity contribution is 5.98. The molecular weight excluding hydrogens is 513 g/mol. The molecule has 1 aliphatic rings. The van der Waals surface area contributed by atoms with Crippen molar-refractivity contribution in [2.45, 2.75) is 52.2 Å². The number of aryl methyl sites for hydroxylation is 1. The molecule has 40 heavy (non-hydrogen) atoms. The van der Waals surface area contributed by atoms with E-state index in [1.54, 1.807) is 39.0 Å². The van der Waals surface area contributed by atoms with Gasteiger partial charge in [0.2, 0.25) is 11.8 Å². The molecule has 0 aromatic heterocycles. The minimum absolute atomic E-state index is 0.0364. The fourth-order valence-corrected chi connectivity index (χ4v) is 4.02. The van der Waals surface area contributed by atoms with Crippen LogP contribution in [0.15, 0.2) is 77.9 Å². The van der Waals surface area contributed by atoms with Crippen LogP contribution < -0.4 is 5.32 Å². The number of hydrogen-bond donors (Lipinski definition) is 1. The minimum Gasteiger partial charge on any atom is -0.466 e. The number of carbonyl (C=O) groups excluding carboxylic acids is 3. The maximum absolute atomic E-state index is 14.4. The van der Waals surface area contributed by atoms with Crippen molar-refractivity contribution < 1.29 is 28.2 Å². The van der Waals surface area contributed by atoms with Crippen LogP contribution in [0.3, 0.4) is 0 Å². The van der Waals surface area contributed by atoms with Gasteiger partial charge in [0.25, 0.3) is 5.91 Å². The summed E-state index contributed by atoms with van der Waals surface area (Å²) in [5, 5.41) is 8.34. The molecule has 1 aliphatic heterocycles. The molecule has 0 unspecified atom stereocenters. The topological polar surface area (TPSA) is 97.3 Å². The SMILES string of the molecule is CC(C)(C)OC(=O)CCc1ccc(F)c(NC(=O)Cc2ccc(CN3N=C(c4ccccc4)OCC3=O)cc2)c1. The fraction of sp³-hybridized carbons (Fsp3) is 0.290. The molecule has 0 saturated heterocycles. The second-order valence-electron chi connectivity index (χ2n) is 10.5. The third-order valence-electron chi connectivity index (χ3n) is 5.92. The van der Waals surface area contributed by atoms with Gasteiger partial charge in [-0.1, -0.05) is 48.5 Å². The Morgan fingerprint density at radius 3 is 2.38 bits per heavy atom. The predicted octanol–water partition coefficient (Wildman–Crippen LogP) is 5.00. The Balaban J connectivity index is 1.33. The summed E-state index contributed by atoms with van der Waals surface area (Å²) >= 11 is 0. The number of hydrazone groups is 1. The van der Waals surface area contributed by atoms with E-state index in [1.807, 2.05) is 42.5 Å². The molecule has 0 bridgehead atoms. The first-order valence-electron chi connectivity index (χ1n) is 13.0. The van der Waals surface area contributed by atoms with Gasteiger partial charge in [-0.05, 0) is 68.1 Å². The number of rotatable bonds is 9. The van der Waals surface area contributed by atoms with Crippen molar-refractivity contribution in [1.29, 1.82) is 0 Å². The Hall–Kier alpha value is -4.53. The molecule has 0 atom stereocenters. The first kappa shape index (κ1) is 28.5. The molecule has 0 saturated carbocycles. The Kier molecular flexibility index (Phi) is 8.93. The van der Waals surface area contributed by atoms with E-state index in [1.165, 1.54) is 17.1 Å². The van der Waals surface area contributed by atoms with Crippen LogP contribution in [-0.4, -0.2) is 40.9 Å². The van der Waals surface area contributed by atoms with Gasteiger partial charge in [0, 0.05) is 12.0 Å². The van der Waals surface area contributed by atoms with E-state index < -0.39 is 11.4 Å². The highest BCUT2D eigenvalue weighted by Gasteiger charge is 2.23. The smallest absolute Gasteiger partial charge is 0.306 e. The van der Waals surface area contributed by atoms with Crippen LogP contribution in [0.2, 0.25) is 0 Å². The lowest BCUT2D eigenvalue weighted by Gasteiger charge is -2.24. The van der Waals surface area contributed by atoms with E-state index in [-0.39, 0.29) is 49.5 Å². The van der Waals surface area contributed by atoms with Crippen molar-refractivity contribution in [3.63, 3.8) is 0 Å². The molecule has 208 valence electrons. The van der Waals surface area contributed by atoms with Gasteiger partial charge >= 0.3 is 5.97 Å². The largest absolute Gasteiger partial charge is 0.466 e.